The number of anilines is 2. The topological polar surface area (TPSA) is 87.7 Å². The van der Waals surface area contributed by atoms with E-state index >= 15 is 0 Å². The van der Waals surface area contributed by atoms with Crippen LogP contribution in [-0.2, 0) is 11.2 Å². The number of nitrogens with zero attached hydrogens (tertiary/aromatic N) is 4. The number of aryl methyl sites for hydroxylation is 1. The van der Waals surface area contributed by atoms with Crippen LogP contribution in [-0.4, -0.2) is 53.6 Å². The first kappa shape index (κ1) is 25.4. The molecule has 0 aliphatic carbocycles. The van der Waals surface area contributed by atoms with E-state index in [4.69, 9.17) is 21.3 Å². The van der Waals surface area contributed by atoms with E-state index in [2.05, 4.69) is 10.3 Å². The Morgan fingerprint density at radius 2 is 1.94 bits per heavy atom. The van der Waals surface area contributed by atoms with Crippen LogP contribution in [0.3, 0.4) is 0 Å². The highest BCUT2D eigenvalue weighted by Crippen LogP contribution is 2.29. The van der Waals surface area contributed by atoms with Crippen molar-refractivity contribution in [3.05, 3.63) is 82.0 Å². The highest BCUT2D eigenvalue weighted by molar-refractivity contribution is 6.29. The van der Waals surface area contributed by atoms with Gasteiger partial charge < -0.3 is 15.0 Å². The van der Waals surface area contributed by atoms with E-state index in [9.17, 15) is 14.0 Å². The largest absolute Gasteiger partial charge is 0.464 e. The van der Waals surface area contributed by atoms with Gasteiger partial charge in [0, 0.05) is 13.6 Å². The van der Waals surface area contributed by atoms with Gasteiger partial charge in [0.25, 0.3) is 0 Å². The first-order chi connectivity index (χ1) is 17.2. The van der Waals surface area contributed by atoms with Crippen LogP contribution >= 0.6 is 11.6 Å². The van der Waals surface area contributed by atoms with Crippen molar-refractivity contribution >= 4 is 35.1 Å². The summed E-state index contributed by atoms with van der Waals surface area (Å²) < 4.78 is 18.2. The van der Waals surface area contributed by atoms with Crippen LogP contribution < -0.4 is 10.2 Å². The molecule has 4 rings (SSSR count). The molecule has 1 aliphatic rings. The van der Waals surface area contributed by atoms with Crippen molar-refractivity contribution in [2.75, 3.05) is 30.9 Å². The van der Waals surface area contributed by atoms with Gasteiger partial charge in [0.15, 0.2) is 5.69 Å². The summed E-state index contributed by atoms with van der Waals surface area (Å²) in [5.74, 6) is -0.380. The van der Waals surface area contributed by atoms with Crippen LogP contribution in [0.5, 0.6) is 0 Å². The lowest BCUT2D eigenvalue weighted by Gasteiger charge is -2.25. The molecule has 0 saturated carbocycles. The molecule has 1 N–H and O–H groups in total. The minimum absolute atomic E-state index is 0.0698. The van der Waals surface area contributed by atoms with E-state index in [1.54, 1.807) is 41.1 Å². The summed E-state index contributed by atoms with van der Waals surface area (Å²) in [4.78, 5) is 37.5. The summed E-state index contributed by atoms with van der Waals surface area (Å²) in [6.45, 7) is 4.35. The SMILES string of the molecule is COC(=O)c1nc(Cl)ccc1N[C@H](C)c1cc(C)cc(N2C(=O)N(C)C[C@@H]2Cc2ccc(F)cc2)n1. The molecule has 0 unspecified atom stereocenters. The number of benzene rings is 1. The molecule has 1 fully saturated rings. The average molecular weight is 512 g/mol. The van der Waals surface area contributed by atoms with Crippen molar-refractivity contribution < 1.29 is 18.7 Å². The molecule has 3 aromatic rings. The molecule has 0 spiro atoms. The van der Waals surface area contributed by atoms with Gasteiger partial charge in [-0.2, -0.15) is 0 Å². The third-order valence-corrected chi connectivity index (χ3v) is 6.26. The molecule has 3 heterocycles. The second-order valence-electron chi connectivity index (χ2n) is 8.83. The third kappa shape index (κ3) is 5.41. The maximum atomic E-state index is 13.4. The molecule has 10 heteroatoms. The van der Waals surface area contributed by atoms with E-state index in [-0.39, 0.29) is 34.8 Å². The molecule has 1 aromatic carbocycles. The van der Waals surface area contributed by atoms with Crippen LogP contribution in [0.2, 0.25) is 5.15 Å². The Kier molecular flexibility index (Phi) is 7.40. The van der Waals surface area contributed by atoms with Gasteiger partial charge >= 0.3 is 12.0 Å². The molecular formula is C26H27ClFN5O3. The van der Waals surface area contributed by atoms with Crippen LogP contribution in [0.15, 0.2) is 48.5 Å². The number of hydrogen-bond donors (Lipinski definition) is 1. The van der Waals surface area contributed by atoms with Crippen LogP contribution in [0.1, 0.15) is 40.3 Å². The van der Waals surface area contributed by atoms with Crippen LogP contribution in [0, 0.1) is 12.7 Å². The zero-order valence-electron chi connectivity index (χ0n) is 20.5. The minimum atomic E-state index is -0.612. The van der Waals surface area contributed by atoms with Gasteiger partial charge in [-0.05, 0) is 67.8 Å². The summed E-state index contributed by atoms with van der Waals surface area (Å²) in [6.07, 6.45) is 0.564. The van der Waals surface area contributed by atoms with Crippen LogP contribution in [0.25, 0.3) is 0 Å². The Balaban J connectivity index is 1.63. The number of carbonyl (C=O) groups excluding carboxylic acids is 2. The average Bonchev–Trinajstić information content (AvgIpc) is 3.13. The Morgan fingerprint density at radius 1 is 1.22 bits per heavy atom. The predicted molar refractivity (Wildman–Crippen MR) is 136 cm³/mol. The van der Waals surface area contributed by atoms with Crippen molar-refractivity contribution in [2.24, 2.45) is 0 Å². The molecule has 1 saturated heterocycles. The van der Waals surface area contributed by atoms with Crippen molar-refractivity contribution in [2.45, 2.75) is 32.4 Å². The van der Waals surface area contributed by atoms with Crippen molar-refractivity contribution in [1.82, 2.24) is 14.9 Å². The van der Waals surface area contributed by atoms with Gasteiger partial charge in [-0.1, -0.05) is 23.7 Å². The molecule has 2 atom stereocenters. The van der Waals surface area contributed by atoms with Gasteiger partial charge in [-0.15, -0.1) is 0 Å². The standard InChI is InChI=1S/C26H27ClFN5O3/c1-15-11-21(16(2)29-20-9-10-22(27)31-24(20)25(34)36-4)30-23(12-15)33-19(14-32(3)26(33)35)13-17-5-7-18(28)8-6-17/h5-12,16,19,29H,13-14H2,1-4H3/t16-,19+/m1/s1. The fourth-order valence-electron chi connectivity index (χ4n) is 4.28. The summed E-state index contributed by atoms with van der Waals surface area (Å²) in [5, 5.41) is 3.43. The van der Waals surface area contributed by atoms with Gasteiger partial charge in [0.1, 0.15) is 16.8 Å². The number of halogens is 2. The molecule has 0 bridgehead atoms. The van der Waals surface area contributed by atoms with E-state index in [1.807, 2.05) is 26.0 Å². The first-order valence-electron chi connectivity index (χ1n) is 11.4. The zero-order chi connectivity index (χ0) is 26.0. The molecule has 2 amide bonds. The molecule has 1 aliphatic heterocycles. The summed E-state index contributed by atoms with van der Waals surface area (Å²) in [6, 6.07) is 12.7. The number of hydrogen-bond acceptors (Lipinski definition) is 6. The van der Waals surface area contributed by atoms with E-state index < -0.39 is 5.97 Å². The number of pyridine rings is 2. The normalized spacial score (nSPS) is 16.3. The maximum absolute atomic E-state index is 13.4. The number of urea groups is 1. The second-order valence-corrected chi connectivity index (χ2v) is 9.22. The van der Waals surface area contributed by atoms with Crippen molar-refractivity contribution in [1.29, 1.82) is 0 Å². The van der Waals surface area contributed by atoms with Crippen molar-refractivity contribution in [3.8, 4) is 0 Å². The summed E-state index contributed by atoms with van der Waals surface area (Å²) in [7, 11) is 3.03. The summed E-state index contributed by atoms with van der Waals surface area (Å²) >= 11 is 5.97. The number of methoxy groups -OCH3 is 1. The number of amides is 2. The molecule has 2 aromatic heterocycles. The lowest BCUT2D eigenvalue weighted by molar-refractivity contribution is 0.0595. The number of esters is 1. The second kappa shape index (κ2) is 10.5. The highest BCUT2D eigenvalue weighted by atomic mass is 35.5. The molecular weight excluding hydrogens is 485 g/mol. The van der Waals surface area contributed by atoms with Gasteiger partial charge in [-0.25, -0.2) is 23.9 Å². The van der Waals surface area contributed by atoms with Gasteiger partial charge in [-0.3, -0.25) is 4.90 Å². The number of nitrogens with one attached hydrogen (secondary N) is 1. The summed E-state index contributed by atoms with van der Waals surface area (Å²) in [5.41, 5.74) is 3.06. The Morgan fingerprint density at radius 3 is 2.64 bits per heavy atom. The Hall–Kier alpha value is -3.72. The number of aromatic nitrogens is 2. The van der Waals surface area contributed by atoms with Gasteiger partial charge in [0.05, 0.1) is 30.6 Å². The lowest BCUT2D eigenvalue weighted by Crippen LogP contribution is -2.36. The van der Waals surface area contributed by atoms with Gasteiger partial charge in [0.2, 0.25) is 0 Å². The molecule has 188 valence electrons. The Labute approximate surface area is 214 Å². The molecule has 0 radical (unpaired) electrons. The fourth-order valence-corrected chi connectivity index (χ4v) is 4.43. The number of rotatable bonds is 7. The predicted octanol–water partition coefficient (Wildman–Crippen LogP) is 5.02. The van der Waals surface area contributed by atoms with E-state index in [1.165, 1.54) is 19.2 Å². The maximum Gasteiger partial charge on any atom is 0.358 e. The highest BCUT2D eigenvalue weighted by Gasteiger charge is 2.37. The van der Waals surface area contributed by atoms with E-state index in [0.717, 1.165) is 11.1 Å². The lowest BCUT2D eigenvalue weighted by atomic mass is 10.0. The molecule has 36 heavy (non-hydrogen) atoms. The Bertz CT molecular complexity index is 1290. The van der Waals surface area contributed by atoms with Crippen LogP contribution in [0.4, 0.5) is 20.7 Å². The smallest absolute Gasteiger partial charge is 0.358 e. The quantitative estimate of drug-likeness (QED) is 0.354. The number of likely N-dealkylation sites (N-methyl/N-ethyl adjacent to an activating group) is 1. The zero-order valence-corrected chi connectivity index (χ0v) is 21.2. The molecule has 8 nitrogen and oxygen atoms in total. The monoisotopic (exact) mass is 511 g/mol. The number of ether oxygens (including phenoxy) is 1. The van der Waals surface area contributed by atoms with E-state index in [0.29, 0.717) is 30.2 Å². The minimum Gasteiger partial charge on any atom is -0.464 e. The first-order valence-corrected chi connectivity index (χ1v) is 11.8. The fraction of sp³-hybridized carbons (Fsp3) is 0.308. The van der Waals surface area contributed by atoms with Crippen molar-refractivity contribution in [3.63, 3.8) is 0 Å². The third-order valence-electron chi connectivity index (χ3n) is 6.05. The number of carbonyl (C=O) groups is 2.